The molecule has 0 bridgehead atoms. The Hall–Kier alpha value is -1.60. The second-order valence-electron chi connectivity index (χ2n) is 4.06. The minimum Gasteiger partial charge on any atom is -0.351 e. The van der Waals surface area contributed by atoms with E-state index in [1.807, 2.05) is 18.0 Å². The Bertz CT molecular complexity index is 448. The van der Waals surface area contributed by atoms with Crippen LogP contribution in [0.4, 0.5) is 5.69 Å². The van der Waals surface area contributed by atoms with Crippen LogP contribution in [-0.4, -0.2) is 23.6 Å². The first kappa shape index (κ1) is 13.5. The topological polar surface area (TPSA) is 39.1 Å². The number of nitrogens with zero attached hydrogens (tertiary/aromatic N) is 2. The van der Waals surface area contributed by atoms with Gasteiger partial charge < -0.3 is 10.2 Å². The molecule has 0 spiro atoms. The van der Waals surface area contributed by atoms with Crippen molar-refractivity contribution in [2.45, 2.75) is 20.3 Å². The highest BCUT2D eigenvalue weighted by molar-refractivity contribution is 7.80. The lowest BCUT2D eigenvalue weighted by molar-refractivity contribution is 0.523. The summed E-state index contributed by atoms with van der Waals surface area (Å²) in [5.41, 5.74) is 3.48. The largest absolute Gasteiger partial charge is 0.351 e. The molecule has 3 nitrogen and oxygen atoms in total. The Labute approximate surface area is 108 Å². The van der Waals surface area contributed by atoms with E-state index in [1.165, 1.54) is 11.1 Å². The second-order valence-corrected chi connectivity index (χ2v) is 4.45. The van der Waals surface area contributed by atoms with Crippen molar-refractivity contribution in [2.24, 2.45) is 0 Å². The Balaban J connectivity index is 2.62. The van der Waals surface area contributed by atoms with Gasteiger partial charge in [-0.2, -0.15) is 5.26 Å². The maximum absolute atomic E-state index is 8.51. The van der Waals surface area contributed by atoms with Gasteiger partial charge in [0.1, 0.15) is 0 Å². The predicted molar refractivity (Wildman–Crippen MR) is 75.0 cm³/mol. The predicted octanol–water partition coefficient (Wildman–Crippen LogP) is 2.85. The summed E-state index contributed by atoms with van der Waals surface area (Å²) < 4.78 is 0. The number of benzene rings is 1. The number of thiocarbonyl (C=S) groups is 1. The van der Waals surface area contributed by atoms with Crippen LogP contribution in [0.5, 0.6) is 0 Å². The molecule has 1 rings (SSSR count). The van der Waals surface area contributed by atoms with E-state index >= 15 is 0 Å². The molecule has 90 valence electrons. The quantitative estimate of drug-likeness (QED) is 0.834. The lowest BCUT2D eigenvalue weighted by atomic mass is 10.1. The van der Waals surface area contributed by atoms with Gasteiger partial charge in [-0.15, -0.1) is 0 Å². The summed E-state index contributed by atoms with van der Waals surface area (Å²) in [5, 5.41) is 12.3. The van der Waals surface area contributed by atoms with E-state index in [2.05, 4.69) is 37.4 Å². The van der Waals surface area contributed by atoms with E-state index in [0.29, 0.717) is 18.1 Å². The highest BCUT2D eigenvalue weighted by Gasteiger charge is 2.04. The van der Waals surface area contributed by atoms with Crippen molar-refractivity contribution in [3.63, 3.8) is 0 Å². The molecule has 0 amide bonds. The summed E-state index contributed by atoms with van der Waals surface area (Å²) in [6.07, 6.45) is 0.477. The van der Waals surface area contributed by atoms with Crippen LogP contribution < -0.4 is 5.32 Å². The molecular weight excluding hydrogens is 230 g/mol. The number of rotatable bonds is 3. The second kappa shape index (κ2) is 6.21. The molecule has 0 heterocycles. The molecule has 0 fully saturated rings. The number of anilines is 1. The number of aryl methyl sites for hydroxylation is 2. The Kier molecular flexibility index (Phi) is 4.92. The van der Waals surface area contributed by atoms with E-state index in [9.17, 15) is 0 Å². The van der Waals surface area contributed by atoms with Crippen molar-refractivity contribution in [2.75, 3.05) is 18.9 Å². The van der Waals surface area contributed by atoms with Crippen LogP contribution in [-0.2, 0) is 0 Å². The standard InChI is InChI=1S/C13H17N3S/c1-10-5-6-12(9-11(10)2)15-13(17)16(3)8-4-7-14/h5-6,9H,4,8H2,1-3H3,(H,15,17). The minimum atomic E-state index is 0.477. The normalized spacial score (nSPS) is 9.53. The SMILES string of the molecule is Cc1ccc(NC(=S)N(C)CCC#N)cc1C. The summed E-state index contributed by atoms with van der Waals surface area (Å²) in [6.45, 7) is 4.80. The molecule has 0 aromatic heterocycles. The maximum atomic E-state index is 8.51. The third kappa shape index (κ3) is 4.04. The van der Waals surface area contributed by atoms with E-state index < -0.39 is 0 Å². The molecule has 1 aromatic rings. The summed E-state index contributed by atoms with van der Waals surface area (Å²) >= 11 is 5.25. The average molecular weight is 247 g/mol. The first-order valence-electron chi connectivity index (χ1n) is 5.51. The lowest BCUT2D eigenvalue weighted by Gasteiger charge is -2.20. The van der Waals surface area contributed by atoms with Gasteiger partial charge in [0.15, 0.2) is 5.11 Å². The molecule has 0 saturated carbocycles. The molecule has 0 aliphatic carbocycles. The van der Waals surface area contributed by atoms with Crippen LogP contribution >= 0.6 is 12.2 Å². The van der Waals surface area contributed by atoms with E-state index in [-0.39, 0.29) is 0 Å². The van der Waals surface area contributed by atoms with Gasteiger partial charge in [-0.25, -0.2) is 0 Å². The molecule has 0 aliphatic rings. The zero-order chi connectivity index (χ0) is 12.8. The number of nitrogens with one attached hydrogen (secondary N) is 1. The molecule has 17 heavy (non-hydrogen) atoms. The van der Waals surface area contributed by atoms with Crippen LogP contribution in [0.2, 0.25) is 0 Å². The van der Waals surface area contributed by atoms with E-state index in [4.69, 9.17) is 17.5 Å². The molecule has 0 radical (unpaired) electrons. The van der Waals surface area contributed by atoms with Crippen molar-refractivity contribution in [1.82, 2.24) is 4.90 Å². The third-order valence-electron chi connectivity index (χ3n) is 2.66. The van der Waals surface area contributed by atoms with Gasteiger partial charge in [-0.05, 0) is 49.3 Å². The number of hydrogen-bond donors (Lipinski definition) is 1. The molecule has 0 aliphatic heterocycles. The van der Waals surface area contributed by atoms with Crippen LogP contribution in [0.3, 0.4) is 0 Å². The van der Waals surface area contributed by atoms with Gasteiger partial charge in [0.25, 0.3) is 0 Å². The fourth-order valence-corrected chi connectivity index (χ4v) is 1.57. The zero-order valence-corrected chi connectivity index (χ0v) is 11.3. The van der Waals surface area contributed by atoms with Gasteiger partial charge in [0.2, 0.25) is 0 Å². The summed E-state index contributed by atoms with van der Waals surface area (Å²) in [6, 6.07) is 8.25. The molecule has 0 unspecified atom stereocenters. The fourth-order valence-electron chi connectivity index (χ4n) is 1.36. The molecule has 1 N–H and O–H groups in total. The van der Waals surface area contributed by atoms with Crippen molar-refractivity contribution >= 4 is 23.0 Å². The van der Waals surface area contributed by atoms with Crippen molar-refractivity contribution in [1.29, 1.82) is 5.26 Å². The zero-order valence-electron chi connectivity index (χ0n) is 10.4. The van der Waals surface area contributed by atoms with Crippen molar-refractivity contribution in [3.05, 3.63) is 29.3 Å². The van der Waals surface area contributed by atoms with Gasteiger partial charge in [-0.3, -0.25) is 0 Å². The van der Waals surface area contributed by atoms with Crippen LogP contribution in [0.15, 0.2) is 18.2 Å². The van der Waals surface area contributed by atoms with Gasteiger partial charge in [-0.1, -0.05) is 6.07 Å². The van der Waals surface area contributed by atoms with Gasteiger partial charge in [0.05, 0.1) is 12.5 Å². The Morgan fingerprint density at radius 3 is 2.71 bits per heavy atom. The number of nitriles is 1. The van der Waals surface area contributed by atoms with E-state index in [0.717, 1.165) is 5.69 Å². The first-order valence-corrected chi connectivity index (χ1v) is 5.91. The minimum absolute atomic E-state index is 0.477. The van der Waals surface area contributed by atoms with Crippen molar-refractivity contribution in [3.8, 4) is 6.07 Å². The highest BCUT2D eigenvalue weighted by atomic mass is 32.1. The first-order chi connectivity index (χ1) is 8.04. The molecule has 4 heteroatoms. The highest BCUT2D eigenvalue weighted by Crippen LogP contribution is 2.14. The van der Waals surface area contributed by atoms with Crippen LogP contribution in [0.1, 0.15) is 17.5 Å². The summed E-state index contributed by atoms with van der Waals surface area (Å²) in [4.78, 5) is 1.87. The maximum Gasteiger partial charge on any atom is 0.173 e. The Morgan fingerprint density at radius 2 is 2.12 bits per heavy atom. The third-order valence-corrected chi connectivity index (χ3v) is 3.08. The molecule has 1 aromatic carbocycles. The molecular formula is C13H17N3S. The lowest BCUT2D eigenvalue weighted by Crippen LogP contribution is -2.31. The Morgan fingerprint density at radius 1 is 1.41 bits per heavy atom. The molecule has 0 saturated heterocycles. The molecule has 0 atom stereocenters. The van der Waals surface area contributed by atoms with Crippen LogP contribution in [0, 0.1) is 25.2 Å². The smallest absolute Gasteiger partial charge is 0.173 e. The summed E-state index contributed by atoms with van der Waals surface area (Å²) in [5.74, 6) is 0. The average Bonchev–Trinajstić information content (AvgIpc) is 2.30. The number of hydrogen-bond acceptors (Lipinski definition) is 2. The van der Waals surface area contributed by atoms with Gasteiger partial charge in [0, 0.05) is 19.3 Å². The van der Waals surface area contributed by atoms with Crippen LogP contribution in [0.25, 0.3) is 0 Å². The van der Waals surface area contributed by atoms with E-state index in [1.54, 1.807) is 0 Å². The fraction of sp³-hybridized carbons (Fsp3) is 0.385. The van der Waals surface area contributed by atoms with Crippen molar-refractivity contribution < 1.29 is 0 Å². The monoisotopic (exact) mass is 247 g/mol. The van der Waals surface area contributed by atoms with Gasteiger partial charge >= 0.3 is 0 Å². The summed E-state index contributed by atoms with van der Waals surface area (Å²) in [7, 11) is 1.88.